The van der Waals surface area contributed by atoms with Gasteiger partial charge in [-0.05, 0) is 42.3 Å². The lowest BCUT2D eigenvalue weighted by molar-refractivity contribution is 0.176. The van der Waals surface area contributed by atoms with Crippen molar-refractivity contribution in [1.29, 1.82) is 0 Å². The van der Waals surface area contributed by atoms with Crippen LogP contribution >= 0.6 is 0 Å². The van der Waals surface area contributed by atoms with Gasteiger partial charge in [-0.15, -0.1) is 0 Å². The van der Waals surface area contributed by atoms with Gasteiger partial charge in [-0.2, -0.15) is 0 Å². The lowest BCUT2D eigenvalue weighted by Crippen LogP contribution is -2.17. The largest absolute Gasteiger partial charge is 0.392 e. The average molecular weight is 298 g/mol. The molecule has 3 heteroatoms. The SMILES string of the molecule is C[C@H](O)C(c1ccc(N(C)C)cc1)c1ccc(N(C)C)cc1. The van der Waals surface area contributed by atoms with Crippen molar-refractivity contribution in [3.8, 4) is 0 Å². The topological polar surface area (TPSA) is 26.7 Å². The van der Waals surface area contributed by atoms with Gasteiger partial charge in [-0.3, -0.25) is 0 Å². The first-order valence-corrected chi connectivity index (χ1v) is 7.63. The van der Waals surface area contributed by atoms with Crippen LogP contribution in [0.25, 0.3) is 0 Å². The molecule has 0 saturated heterocycles. The van der Waals surface area contributed by atoms with Gasteiger partial charge >= 0.3 is 0 Å². The summed E-state index contributed by atoms with van der Waals surface area (Å²) in [7, 11) is 8.12. The third-order valence-electron chi connectivity index (χ3n) is 4.02. The molecule has 0 fully saturated rings. The van der Waals surface area contributed by atoms with Gasteiger partial charge < -0.3 is 14.9 Å². The summed E-state index contributed by atoms with van der Waals surface area (Å²) in [6, 6.07) is 16.8. The Kier molecular flexibility index (Phi) is 5.09. The highest BCUT2D eigenvalue weighted by Gasteiger charge is 2.19. The van der Waals surface area contributed by atoms with Crippen LogP contribution < -0.4 is 9.80 Å². The zero-order chi connectivity index (χ0) is 16.3. The van der Waals surface area contributed by atoms with E-state index in [0.717, 1.165) is 22.5 Å². The van der Waals surface area contributed by atoms with E-state index in [1.165, 1.54) is 0 Å². The number of hydrogen-bond donors (Lipinski definition) is 1. The Bertz CT molecular complexity index is 534. The third-order valence-corrected chi connectivity index (χ3v) is 4.02. The second-order valence-electron chi connectivity index (χ2n) is 6.19. The van der Waals surface area contributed by atoms with Crippen molar-refractivity contribution in [1.82, 2.24) is 0 Å². The van der Waals surface area contributed by atoms with Crippen molar-refractivity contribution in [2.45, 2.75) is 18.9 Å². The van der Waals surface area contributed by atoms with Crippen LogP contribution in [0.5, 0.6) is 0 Å². The predicted molar refractivity (Wildman–Crippen MR) is 95.1 cm³/mol. The van der Waals surface area contributed by atoms with Crippen LogP contribution in [0.4, 0.5) is 11.4 Å². The Hall–Kier alpha value is -2.00. The van der Waals surface area contributed by atoms with Gasteiger partial charge in [-0.25, -0.2) is 0 Å². The summed E-state index contributed by atoms with van der Waals surface area (Å²) in [5.74, 6) is -0.00701. The molecule has 0 unspecified atom stereocenters. The van der Waals surface area contributed by atoms with Crippen molar-refractivity contribution in [3.63, 3.8) is 0 Å². The van der Waals surface area contributed by atoms with Gasteiger partial charge in [-0.1, -0.05) is 24.3 Å². The summed E-state index contributed by atoms with van der Waals surface area (Å²) in [5.41, 5.74) is 4.60. The summed E-state index contributed by atoms with van der Waals surface area (Å²) in [6.45, 7) is 1.85. The van der Waals surface area contributed by atoms with Crippen LogP contribution in [-0.2, 0) is 0 Å². The molecule has 0 bridgehead atoms. The van der Waals surface area contributed by atoms with Gasteiger partial charge in [0.15, 0.2) is 0 Å². The van der Waals surface area contributed by atoms with Gasteiger partial charge in [0.05, 0.1) is 6.10 Å². The lowest BCUT2D eigenvalue weighted by atomic mass is 9.87. The highest BCUT2D eigenvalue weighted by atomic mass is 16.3. The lowest BCUT2D eigenvalue weighted by Gasteiger charge is -2.23. The molecule has 0 radical (unpaired) electrons. The molecule has 118 valence electrons. The van der Waals surface area contributed by atoms with Crippen LogP contribution in [0, 0.1) is 0 Å². The predicted octanol–water partition coefficient (Wildman–Crippen LogP) is 3.33. The standard InChI is InChI=1S/C19H26N2O/c1-14(22)19(15-6-10-17(11-7-15)20(2)3)16-8-12-18(13-9-16)21(4)5/h6-14,19,22H,1-5H3/t14-/m0/s1. The molecule has 0 amide bonds. The number of aliphatic hydroxyl groups is 1. The number of benzene rings is 2. The fourth-order valence-electron chi connectivity index (χ4n) is 2.71. The Balaban J connectivity index is 2.33. The number of rotatable bonds is 5. The van der Waals surface area contributed by atoms with E-state index in [1.54, 1.807) is 0 Å². The fourth-order valence-corrected chi connectivity index (χ4v) is 2.71. The van der Waals surface area contributed by atoms with E-state index in [2.05, 4.69) is 58.3 Å². The van der Waals surface area contributed by atoms with E-state index in [4.69, 9.17) is 0 Å². The number of hydrogen-bond acceptors (Lipinski definition) is 3. The molecule has 2 aromatic carbocycles. The van der Waals surface area contributed by atoms with Crippen LogP contribution in [0.15, 0.2) is 48.5 Å². The number of nitrogens with zero attached hydrogens (tertiary/aromatic N) is 2. The third kappa shape index (κ3) is 3.60. The zero-order valence-corrected chi connectivity index (χ0v) is 14.1. The van der Waals surface area contributed by atoms with Gasteiger partial charge in [0.25, 0.3) is 0 Å². The Morgan fingerprint density at radius 2 is 1.00 bits per heavy atom. The molecule has 0 saturated carbocycles. The molecule has 2 rings (SSSR count). The average Bonchev–Trinajstić information content (AvgIpc) is 2.48. The maximum atomic E-state index is 10.3. The van der Waals surface area contributed by atoms with E-state index < -0.39 is 6.10 Å². The van der Waals surface area contributed by atoms with E-state index >= 15 is 0 Å². The molecule has 0 aromatic heterocycles. The van der Waals surface area contributed by atoms with Gasteiger partial charge in [0.1, 0.15) is 0 Å². The van der Waals surface area contributed by atoms with Crippen LogP contribution in [-0.4, -0.2) is 39.4 Å². The zero-order valence-electron chi connectivity index (χ0n) is 14.1. The maximum Gasteiger partial charge on any atom is 0.0621 e. The Morgan fingerprint density at radius 1 is 0.682 bits per heavy atom. The normalized spacial score (nSPS) is 12.3. The minimum Gasteiger partial charge on any atom is -0.392 e. The van der Waals surface area contributed by atoms with Gasteiger partial charge in [0.2, 0.25) is 0 Å². The van der Waals surface area contributed by atoms with Crippen molar-refractivity contribution >= 4 is 11.4 Å². The van der Waals surface area contributed by atoms with E-state index in [0.29, 0.717) is 0 Å². The van der Waals surface area contributed by atoms with Gasteiger partial charge in [0, 0.05) is 45.5 Å². The van der Waals surface area contributed by atoms with Crippen LogP contribution in [0.2, 0.25) is 0 Å². The monoisotopic (exact) mass is 298 g/mol. The maximum absolute atomic E-state index is 10.3. The molecule has 3 nitrogen and oxygen atoms in total. The van der Waals surface area contributed by atoms with Crippen molar-refractivity contribution in [2.24, 2.45) is 0 Å². The highest BCUT2D eigenvalue weighted by Crippen LogP contribution is 2.30. The second kappa shape index (κ2) is 6.84. The molecule has 1 N–H and O–H groups in total. The first-order chi connectivity index (χ1) is 10.4. The van der Waals surface area contributed by atoms with E-state index in [9.17, 15) is 5.11 Å². The van der Waals surface area contributed by atoms with E-state index in [-0.39, 0.29) is 5.92 Å². The Morgan fingerprint density at radius 3 is 1.23 bits per heavy atom. The number of aliphatic hydroxyl groups excluding tert-OH is 1. The van der Waals surface area contributed by atoms with Crippen LogP contribution in [0.1, 0.15) is 24.0 Å². The smallest absolute Gasteiger partial charge is 0.0621 e. The summed E-state index contributed by atoms with van der Waals surface area (Å²) < 4.78 is 0. The molecule has 0 spiro atoms. The molecule has 0 aliphatic heterocycles. The first-order valence-electron chi connectivity index (χ1n) is 7.63. The quantitative estimate of drug-likeness (QED) is 0.917. The van der Waals surface area contributed by atoms with Crippen molar-refractivity contribution < 1.29 is 5.11 Å². The summed E-state index contributed by atoms with van der Waals surface area (Å²) in [4.78, 5) is 4.15. The Labute approximate surface area is 133 Å². The molecular formula is C19H26N2O. The molecule has 1 atom stereocenters. The molecule has 0 aliphatic rings. The molecule has 0 aliphatic carbocycles. The second-order valence-corrected chi connectivity index (χ2v) is 6.19. The highest BCUT2D eigenvalue weighted by molar-refractivity contribution is 5.50. The fraction of sp³-hybridized carbons (Fsp3) is 0.368. The first kappa shape index (κ1) is 16.4. The summed E-state index contributed by atoms with van der Waals surface area (Å²) in [6.07, 6.45) is -0.435. The minimum absolute atomic E-state index is 0.00701. The molecule has 2 aromatic rings. The van der Waals surface area contributed by atoms with Crippen LogP contribution in [0.3, 0.4) is 0 Å². The van der Waals surface area contributed by atoms with E-state index in [1.807, 2.05) is 35.1 Å². The van der Waals surface area contributed by atoms with Crippen molar-refractivity contribution in [2.75, 3.05) is 38.0 Å². The summed E-state index contributed by atoms with van der Waals surface area (Å²) in [5, 5.41) is 10.3. The van der Waals surface area contributed by atoms with Crippen molar-refractivity contribution in [3.05, 3.63) is 59.7 Å². The molecular weight excluding hydrogens is 272 g/mol. The minimum atomic E-state index is -0.435. The molecule has 22 heavy (non-hydrogen) atoms. The number of anilines is 2. The molecule has 0 heterocycles. The summed E-state index contributed by atoms with van der Waals surface area (Å²) >= 11 is 0.